The number of allylic oxidation sites excluding steroid dienone is 1. The molecule has 42 heavy (non-hydrogen) atoms. The van der Waals surface area contributed by atoms with Crippen LogP contribution in [0.1, 0.15) is 12.5 Å². The van der Waals surface area contributed by atoms with E-state index in [1.165, 1.54) is 10.8 Å². The number of aromatic nitrogens is 2. The third-order valence-electron chi connectivity index (χ3n) is 7.22. The Hall–Kier alpha value is -5.68. The fraction of sp³-hybridized carbons (Fsp3) is 0.0286. The Labute approximate surface area is 241 Å². The highest BCUT2D eigenvalue weighted by atomic mass is 16.5. The maximum absolute atomic E-state index is 9.53. The molecule has 0 bridgehead atoms. The highest BCUT2D eigenvalue weighted by molar-refractivity contribution is 6.12. The van der Waals surface area contributed by atoms with Gasteiger partial charge in [0, 0.05) is 32.6 Å². The van der Waals surface area contributed by atoms with Gasteiger partial charge in [0.2, 0.25) is 0 Å². The number of rotatable bonds is 2. The fourth-order valence-corrected chi connectivity index (χ4v) is 5.50. The van der Waals surface area contributed by atoms with Crippen LogP contribution in [0.4, 0.5) is 0 Å². The summed E-state index contributed by atoms with van der Waals surface area (Å²) in [6, 6.07) is 35.4. The van der Waals surface area contributed by atoms with Gasteiger partial charge < -0.3 is 13.5 Å². The lowest BCUT2D eigenvalue weighted by Gasteiger charge is -2.09. The molecule has 0 amide bonds. The Bertz CT molecular complexity index is 2280. The molecule has 5 aromatic carbocycles. The van der Waals surface area contributed by atoms with Gasteiger partial charge in [0.25, 0.3) is 0 Å². The summed E-state index contributed by atoms with van der Waals surface area (Å²) in [5.41, 5.74) is 8.29. The van der Waals surface area contributed by atoms with E-state index in [1.807, 2.05) is 31.2 Å². The zero-order valence-corrected chi connectivity index (χ0v) is 22.9. The monoisotopic (exact) mass is 549 g/mol. The van der Waals surface area contributed by atoms with Crippen molar-refractivity contribution in [1.29, 1.82) is 5.26 Å². The second-order valence-corrected chi connectivity index (χ2v) is 9.65. The lowest BCUT2D eigenvalue weighted by molar-refractivity contribution is 0.456. The standard InChI is InChI=1S/C32H17N3O2.C3H6.H4N2/c33-17-21-4-3-6-25-27-16-23(10-13-31(27)36-32(21)25)35-28-7-2-1-5-24(28)26-15-20(8-11-29(26)35)19-9-12-30-22(14-19)18-34-37-30;1-3-2;1-2/h1-16,18H;3H,1H2,2H3;1-2H2. The Balaban J connectivity index is 0.000000596. The Morgan fingerprint density at radius 1 is 0.786 bits per heavy atom. The number of nitriles is 1. The first-order valence-electron chi connectivity index (χ1n) is 13.3. The van der Waals surface area contributed by atoms with Crippen molar-refractivity contribution in [3.05, 3.63) is 121 Å². The lowest BCUT2D eigenvalue weighted by atomic mass is 10.0. The number of benzene rings is 5. The van der Waals surface area contributed by atoms with Crippen LogP contribution in [0, 0.1) is 11.3 Å². The topological polar surface area (TPSA) is 120 Å². The van der Waals surface area contributed by atoms with E-state index < -0.39 is 0 Å². The Morgan fingerprint density at radius 3 is 2.33 bits per heavy atom. The molecule has 0 spiro atoms. The number of para-hydroxylation sites is 2. The number of nitrogens with zero attached hydrogens (tertiary/aromatic N) is 3. The van der Waals surface area contributed by atoms with E-state index in [2.05, 4.69) is 101 Å². The molecule has 0 unspecified atom stereocenters. The first-order valence-corrected chi connectivity index (χ1v) is 13.3. The van der Waals surface area contributed by atoms with E-state index in [4.69, 9.17) is 8.94 Å². The van der Waals surface area contributed by atoms with Crippen molar-refractivity contribution in [2.24, 2.45) is 11.7 Å². The molecular weight excluding hydrogens is 522 g/mol. The van der Waals surface area contributed by atoms with Crippen LogP contribution in [0.5, 0.6) is 0 Å². The van der Waals surface area contributed by atoms with Crippen LogP contribution < -0.4 is 11.7 Å². The second kappa shape index (κ2) is 11.1. The molecular formula is C35H27N5O2. The lowest BCUT2D eigenvalue weighted by Crippen LogP contribution is -2.02. The number of fused-ring (bicyclic) bond motifs is 7. The molecule has 0 aliphatic rings. The van der Waals surface area contributed by atoms with Gasteiger partial charge in [0.05, 0.1) is 22.8 Å². The quantitative estimate of drug-likeness (QED) is 0.127. The van der Waals surface area contributed by atoms with Crippen LogP contribution in [0.2, 0.25) is 0 Å². The molecule has 0 saturated carbocycles. The predicted octanol–water partition coefficient (Wildman–Crippen LogP) is 8.37. The molecule has 8 rings (SSSR count). The van der Waals surface area contributed by atoms with Crippen LogP contribution in [-0.4, -0.2) is 9.72 Å². The van der Waals surface area contributed by atoms with Crippen LogP contribution in [-0.2, 0) is 0 Å². The van der Waals surface area contributed by atoms with Gasteiger partial charge in [-0.05, 0) is 72.6 Å². The van der Waals surface area contributed by atoms with Gasteiger partial charge in [-0.3, -0.25) is 11.7 Å². The molecule has 4 N–H and O–H groups in total. The third-order valence-corrected chi connectivity index (χ3v) is 7.22. The number of hydrogen-bond donors (Lipinski definition) is 2. The molecule has 0 aliphatic heterocycles. The van der Waals surface area contributed by atoms with E-state index in [1.54, 1.807) is 18.3 Å². The minimum Gasteiger partial charge on any atom is -0.455 e. The number of furan rings is 1. The van der Waals surface area contributed by atoms with Crippen molar-refractivity contribution >= 4 is 54.7 Å². The van der Waals surface area contributed by atoms with E-state index in [0.717, 1.165) is 55.2 Å². The molecule has 3 aromatic heterocycles. The van der Waals surface area contributed by atoms with Gasteiger partial charge in [-0.2, -0.15) is 5.26 Å². The molecule has 8 aromatic rings. The molecule has 7 heteroatoms. The summed E-state index contributed by atoms with van der Waals surface area (Å²) in [7, 11) is 0. The first kappa shape index (κ1) is 26.5. The Morgan fingerprint density at radius 2 is 1.50 bits per heavy atom. The van der Waals surface area contributed by atoms with Gasteiger partial charge >= 0.3 is 0 Å². The smallest absolute Gasteiger partial charge is 0.166 e. The zero-order valence-electron chi connectivity index (χ0n) is 22.9. The number of hydrazine groups is 1. The van der Waals surface area contributed by atoms with Gasteiger partial charge in [0.15, 0.2) is 11.2 Å². The second-order valence-electron chi connectivity index (χ2n) is 9.65. The minimum absolute atomic E-state index is 0.545. The highest BCUT2D eigenvalue weighted by Crippen LogP contribution is 2.38. The summed E-state index contributed by atoms with van der Waals surface area (Å²) in [6.07, 6.45) is 3.50. The zero-order chi connectivity index (χ0) is 29.2. The summed E-state index contributed by atoms with van der Waals surface area (Å²) in [5.74, 6) is 8.00. The minimum atomic E-state index is 0.545. The summed E-state index contributed by atoms with van der Waals surface area (Å²) < 4.78 is 13.6. The van der Waals surface area contributed by atoms with Gasteiger partial charge in [0.1, 0.15) is 11.7 Å². The summed E-state index contributed by atoms with van der Waals surface area (Å²) in [6.45, 7) is 5.25. The van der Waals surface area contributed by atoms with E-state index in [9.17, 15) is 5.26 Å². The van der Waals surface area contributed by atoms with Crippen molar-refractivity contribution in [2.45, 2.75) is 6.92 Å². The van der Waals surface area contributed by atoms with Gasteiger partial charge in [-0.1, -0.05) is 53.7 Å². The molecule has 204 valence electrons. The highest BCUT2D eigenvalue weighted by Gasteiger charge is 2.16. The largest absolute Gasteiger partial charge is 0.455 e. The number of nitrogens with two attached hydrogens (primary N) is 2. The van der Waals surface area contributed by atoms with Crippen molar-refractivity contribution in [3.8, 4) is 22.9 Å². The molecule has 0 radical (unpaired) electrons. The van der Waals surface area contributed by atoms with Crippen LogP contribution >= 0.6 is 0 Å². The van der Waals surface area contributed by atoms with Crippen LogP contribution in [0.15, 0.2) is 125 Å². The summed E-state index contributed by atoms with van der Waals surface area (Å²) >= 11 is 0. The summed E-state index contributed by atoms with van der Waals surface area (Å²) in [5, 5.41) is 18.7. The normalized spacial score (nSPS) is 10.8. The fourth-order valence-electron chi connectivity index (χ4n) is 5.50. The van der Waals surface area contributed by atoms with Gasteiger partial charge in [-0.25, -0.2) is 0 Å². The molecule has 0 fully saturated rings. The Kier molecular flexibility index (Phi) is 6.99. The predicted molar refractivity (Wildman–Crippen MR) is 170 cm³/mol. The average molecular weight is 550 g/mol. The van der Waals surface area contributed by atoms with Crippen molar-refractivity contribution in [2.75, 3.05) is 0 Å². The average Bonchev–Trinajstić information content (AvgIpc) is 3.75. The maximum Gasteiger partial charge on any atom is 0.166 e. The first-order chi connectivity index (χ1) is 20.7. The van der Waals surface area contributed by atoms with Crippen molar-refractivity contribution < 1.29 is 8.94 Å². The molecule has 0 saturated heterocycles. The van der Waals surface area contributed by atoms with Gasteiger partial charge in [-0.15, -0.1) is 6.58 Å². The molecule has 7 nitrogen and oxygen atoms in total. The maximum atomic E-state index is 9.53. The van der Waals surface area contributed by atoms with E-state index in [-0.39, 0.29) is 0 Å². The van der Waals surface area contributed by atoms with E-state index >= 15 is 0 Å². The van der Waals surface area contributed by atoms with Crippen LogP contribution in [0.3, 0.4) is 0 Å². The molecule has 0 aliphatic carbocycles. The van der Waals surface area contributed by atoms with Crippen molar-refractivity contribution in [3.63, 3.8) is 0 Å². The number of hydrogen-bond acceptors (Lipinski definition) is 6. The van der Waals surface area contributed by atoms with E-state index in [0.29, 0.717) is 11.1 Å². The van der Waals surface area contributed by atoms with Crippen molar-refractivity contribution in [1.82, 2.24) is 9.72 Å². The molecule has 3 heterocycles. The molecule has 0 atom stereocenters. The van der Waals surface area contributed by atoms with Crippen LogP contribution in [0.25, 0.3) is 71.5 Å². The summed E-state index contributed by atoms with van der Waals surface area (Å²) in [4.78, 5) is 0. The SMILES string of the molecule is C=CC.N#Cc1cccc2c1oc1ccc(-n3c4ccccc4c4cc(-c5ccc6oncc6c5)ccc43)cc12.NN. The third kappa shape index (κ3) is 4.28.